The minimum Gasteiger partial charge on any atom is -0.497 e. The number of aryl methyl sites for hydroxylation is 1. The molecule has 1 aromatic carbocycles. The van der Waals surface area contributed by atoms with Gasteiger partial charge in [0.15, 0.2) is 0 Å². The van der Waals surface area contributed by atoms with Crippen molar-refractivity contribution in [1.29, 1.82) is 0 Å². The zero-order valence-corrected chi connectivity index (χ0v) is 15.3. The molecule has 0 spiro atoms. The van der Waals surface area contributed by atoms with E-state index in [0.717, 1.165) is 62.6 Å². The van der Waals surface area contributed by atoms with Crippen LogP contribution in [0.1, 0.15) is 41.6 Å². The van der Waals surface area contributed by atoms with Gasteiger partial charge in [0.25, 0.3) is 5.91 Å². The van der Waals surface area contributed by atoms with E-state index in [0.29, 0.717) is 5.56 Å². The smallest absolute Gasteiger partial charge is 0.262 e. The Hall–Kier alpha value is -2.56. The number of amides is 1. The van der Waals surface area contributed by atoms with E-state index in [1.807, 2.05) is 35.2 Å². The van der Waals surface area contributed by atoms with Crippen molar-refractivity contribution in [2.75, 3.05) is 36.5 Å². The molecule has 0 unspecified atom stereocenters. The summed E-state index contributed by atoms with van der Waals surface area (Å²) < 4.78 is 5.34. The molecule has 3 heterocycles. The maximum atomic E-state index is 13.4. The molecular formula is C21H25N3O2. The van der Waals surface area contributed by atoms with Crippen molar-refractivity contribution in [3.63, 3.8) is 0 Å². The molecule has 4 rings (SSSR count). The number of ether oxygens (including phenoxy) is 1. The van der Waals surface area contributed by atoms with Gasteiger partial charge in [-0.3, -0.25) is 4.79 Å². The Bertz CT molecular complexity index is 800. The van der Waals surface area contributed by atoms with Gasteiger partial charge < -0.3 is 14.5 Å². The standard InChI is InChI=1S/C21H25N3O2/c1-26-17-9-10-19-16(15-17)7-6-14-24(19)21(25)18-8-5-11-22-20(18)23-12-3-2-4-13-23/h5,8-11,15H,2-4,6-7,12-14H2,1H3. The third-order valence-corrected chi connectivity index (χ3v) is 5.32. The largest absolute Gasteiger partial charge is 0.497 e. The van der Waals surface area contributed by atoms with Gasteiger partial charge in [-0.15, -0.1) is 0 Å². The molecule has 1 aromatic heterocycles. The van der Waals surface area contributed by atoms with E-state index in [1.165, 1.54) is 12.0 Å². The first-order valence-electron chi connectivity index (χ1n) is 9.46. The lowest BCUT2D eigenvalue weighted by atomic mass is 10.00. The third-order valence-electron chi connectivity index (χ3n) is 5.32. The Morgan fingerprint density at radius 2 is 1.92 bits per heavy atom. The molecule has 2 aromatic rings. The molecule has 2 aliphatic heterocycles. The summed E-state index contributed by atoms with van der Waals surface area (Å²) in [5, 5.41) is 0. The Morgan fingerprint density at radius 1 is 1.08 bits per heavy atom. The molecular weight excluding hydrogens is 326 g/mol. The summed E-state index contributed by atoms with van der Waals surface area (Å²) in [6.45, 7) is 2.70. The van der Waals surface area contributed by atoms with Crippen molar-refractivity contribution in [3.05, 3.63) is 47.7 Å². The quantitative estimate of drug-likeness (QED) is 0.846. The van der Waals surface area contributed by atoms with E-state index < -0.39 is 0 Å². The Labute approximate surface area is 154 Å². The molecule has 0 atom stereocenters. The Kier molecular flexibility index (Phi) is 4.78. The summed E-state index contributed by atoms with van der Waals surface area (Å²) in [5.41, 5.74) is 2.88. The van der Waals surface area contributed by atoms with Crippen LogP contribution in [-0.4, -0.2) is 37.6 Å². The summed E-state index contributed by atoms with van der Waals surface area (Å²) >= 11 is 0. The molecule has 0 radical (unpaired) electrons. The number of methoxy groups -OCH3 is 1. The normalized spacial score (nSPS) is 17.0. The molecule has 1 amide bonds. The predicted molar refractivity (Wildman–Crippen MR) is 103 cm³/mol. The SMILES string of the molecule is COc1ccc2c(c1)CCCN2C(=O)c1cccnc1N1CCCCC1. The van der Waals surface area contributed by atoms with Crippen LogP contribution in [0.25, 0.3) is 0 Å². The van der Waals surface area contributed by atoms with Crippen LogP contribution in [0.5, 0.6) is 5.75 Å². The van der Waals surface area contributed by atoms with E-state index in [-0.39, 0.29) is 5.91 Å². The van der Waals surface area contributed by atoms with Crippen LogP contribution in [0.2, 0.25) is 0 Å². The number of benzene rings is 1. The van der Waals surface area contributed by atoms with Crippen LogP contribution in [0.3, 0.4) is 0 Å². The molecule has 0 N–H and O–H groups in total. The first-order chi connectivity index (χ1) is 12.8. The number of nitrogens with zero attached hydrogens (tertiary/aromatic N) is 3. The highest BCUT2D eigenvalue weighted by Gasteiger charge is 2.27. The molecule has 0 aliphatic carbocycles. The highest BCUT2D eigenvalue weighted by Crippen LogP contribution is 2.33. The van der Waals surface area contributed by atoms with Crippen LogP contribution < -0.4 is 14.5 Å². The number of rotatable bonds is 3. The third kappa shape index (κ3) is 3.14. The number of anilines is 2. The molecule has 5 nitrogen and oxygen atoms in total. The second kappa shape index (κ2) is 7.36. The average Bonchev–Trinajstić information content (AvgIpc) is 2.73. The number of fused-ring (bicyclic) bond motifs is 1. The van der Waals surface area contributed by atoms with Crippen molar-refractivity contribution in [1.82, 2.24) is 4.98 Å². The van der Waals surface area contributed by atoms with E-state index in [1.54, 1.807) is 13.3 Å². The van der Waals surface area contributed by atoms with Gasteiger partial charge in [-0.1, -0.05) is 0 Å². The number of hydrogen-bond acceptors (Lipinski definition) is 4. The number of carbonyl (C=O) groups is 1. The van der Waals surface area contributed by atoms with Crippen LogP contribution in [-0.2, 0) is 6.42 Å². The first-order valence-corrected chi connectivity index (χ1v) is 9.46. The fourth-order valence-electron chi connectivity index (χ4n) is 3.98. The zero-order valence-electron chi connectivity index (χ0n) is 15.3. The highest BCUT2D eigenvalue weighted by atomic mass is 16.5. The lowest BCUT2D eigenvalue weighted by Gasteiger charge is -2.33. The topological polar surface area (TPSA) is 45.7 Å². The number of piperidine rings is 1. The number of aromatic nitrogens is 1. The van der Waals surface area contributed by atoms with E-state index in [2.05, 4.69) is 9.88 Å². The Morgan fingerprint density at radius 3 is 2.73 bits per heavy atom. The van der Waals surface area contributed by atoms with Gasteiger partial charge >= 0.3 is 0 Å². The van der Waals surface area contributed by atoms with Crippen molar-refractivity contribution in [2.45, 2.75) is 32.1 Å². The summed E-state index contributed by atoms with van der Waals surface area (Å²) in [7, 11) is 1.67. The first kappa shape index (κ1) is 16.9. The maximum absolute atomic E-state index is 13.4. The summed E-state index contributed by atoms with van der Waals surface area (Å²) in [6.07, 6.45) is 7.31. The van der Waals surface area contributed by atoms with Gasteiger partial charge in [-0.25, -0.2) is 4.98 Å². The van der Waals surface area contributed by atoms with Gasteiger partial charge in [0, 0.05) is 31.5 Å². The minimum atomic E-state index is 0.0461. The fourth-order valence-corrected chi connectivity index (χ4v) is 3.98. The molecule has 1 saturated heterocycles. The number of hydrogen-bond donors (Lipinski definition) is 0. The van der Waals surface area contributed by atoms with Crippen LogP contribution in [0.15, 0.2) is 36.5 Å². The second-order valence-corrected chi connectivity index (χ2v) is 6.98. The van der Waals surface area contributed by atoms with Crippen molar-refractivity contribution in [3.8, 4) is 5.75 Å². The summed E-state index contributed by atoms with van der Waals surface area (Å²) in [5.74, 6) is 1.72. The molecule has 0 bridgehead atoms. The fraction of sp³-hybridized carbons (Fsp3) is 0.429. The van der Waals surface area contributed by atoms with Crippen LogP contribution in [0.4, 0.5) is 11.5 Å². The Balaban J connectivity index is 1.67. The number of pyridine rings is 1. The van der Waals surface area contributed by atoms with Crippen molar-refractivity contribution in [2.24, 2.45) is 0 Å². The summed E-state index contributed by atoms with van der Waals surface area (Å²) in [6, 6.07) is 9.75. The molecule has 0 saturated carbocycles. The van der Waals surface area contributed by atoms with Crippen molar-refractivity contribution >= 4 is 17.4 Å². The van der Waals surface area contributed by atoms with E-state index >= 15 is 0 Å². The zero-order chi connectivity index (χ0) is 17.9. The maximum Gasteiger partial charge on any atom is 0.262 e. The average molecular weight is 351 g/mol. The van der Waals surface area contributed by atoms with Gasteiger partial charge in [0.05, 0.1) is 12.7 Å². The predicted octanol–water partition coefficient (Wildman–Crippen LogP) is 3.67. The molecule has 2 aliphatic rings. The monoisotopic (exact) mass is 351 g/mol. The van der Waals surface area contributed by atoms with Crippen LogP contribution in [0, 0.1) is 0 Å². The van der Waals surface area contributed by atoms with Gasteiger partial charge in [-0.2, -0.15) is 0 Å². The van der Waals surface area contributed by atoms with Gasteiger partial charge in [0.1, 0.15) is 11.6 Å². The minimum absolute atomic E-state index is 0.0461. The van der Waals surface area contributed by atoms with Crippen LogP contribution >= 0.6 is 0 Å². The second-order valence-electron chi connectivity index (χ2n) is 6.98. The molecule has 5 heteroatoms. The van der Waals surface area contributed by atoms with Crippen molar-refractivity contribution < 1.29 is 9.53 Å². The molecule has 26 heavy (non-hydrogen) atoms. The lowest BCUT2D eigenvalue weighted by Crippen LogP contribution is -2.38. The van der Waals surface area contributed by atoms with E-state index in [4.69, 9.17) is 4.74 Å². The summed E-state index contributed by atoms with van der Waals surface area (Å²) in [4.78, 5) is 22.1. The highest BCUT2D eigenvalue weighted by molar-refractivity contribution is 6.09. The number of carbonyl (C=O) groups excluding carboxylic acids is 1. The molecule has 136 valence electrons. The molecule has 1 fully saturated rings. The van der Waals surface area contributed by atoms with E-state index in [9.17, 15) is 4.79 Å². The van der Waals surface area contributed by atoms with Gasteiger partial charge in [0.2, 0.25) is 0 Å². The van der Waals surface area contributed by atoms with Gasteiger partial charge in [-0.05, 0) is 68.0 Å². The lowest BCUT2D eigenvalue weighted by molar-refractivity contribution is 0.0985.